The first kappa shape index (κ1) is 26.2. The number of allylic oxidation sites excluding steroid dienone is 2. The van der Waals surface area contributed by atoms with Gasteiger partial charge in [0.25, 0.3) is 0 Å². The Morgan fingerprint density at radius 1 is 0.769 bits per heavy atom. The number of benzene rings is 1. The maximum atomic E-state index is 4.58. The molecule has 5 heteroatoms. The second-order valence-corrected chi connectivity index (χ2v) is 12.4. The molecular weight excluding hydrogens is 478 g/mol. The third-order valence-electron chi connectivity index (χ3n) is 9.97. The van der Waals surface area contributed by atoms with Crippen molar-refractivity contribution in [3.8, 4) is 0 Å². The molecule has 6 rings (SSSR count). The summed E-state index contributed by atoms with van der Waals surface area (Å²) in [4.78, 5) is 7.84. The Labute approximate surface area is 234 Å². The van der Waals surface area contributed by atoms with Crippen molar-refractivity contribution in [2.24, 2.45) is 5.92 Å². The highest BCUT2D eigenvalue weighted by atomic mass is 15.4. The van der Waals surface area contributed by atoms with Gasteiger partial charge in [0, 0.05) is 77.3 Å². The Kier molecular flexibility index (Phi) is 7.26. The van der Waals surface area contributed by atoms with Gasteiger partial charge in [0.2, 0.25) is 0 Å². The summed E-state index contributed by atoms with van der Waals surface area (Å²) in [7, 11) is 0. The summed E-state index contributed by atoms with van der Waals surface area (Å²) in [5.41, 5.74) is 3.34. The monoisotopic (exact) mass is 525 g/mol. The number of hydrogen-bond acceptors (Lipinski definition) is 4. The smallest absolute Gasteiger partial charge is 0.0967 e. The van der Waals surface area contributed by atoms with E-state index in [1.54, 1.807) is 0 Å². The second-order valence-electron chi connectivity index (χ2n) is 12.4. The van der Waals surface area contributed by atoms with E-state index in [-0.39, 0.29) is 6.04 Å². The molecule has 0 amide bonds. The van der Waals surface area contributed by atoms with Crippen molar-refractivity contribution in [2.45, 2.75) is 76.3 Å². The zero-order valence-corrected chi connectivity index (χ0v) is 23.9. The van der Waals surface area contributed by atoms with Crippen LogP contribution in [0.3, 0.4) is 0 Å². The number of rotatable bonds is 5. The molecule has 0 spiro atoms. The molecule has 4 heterocycles. The normalized spacial score (nSPS) is 24.1. The Morgan fingerprint density at radius 2 is 1.51 bits per heavy atom. The van der Waals surface area contributed by atoms with Crippen LogP contribution in [0.1, 0.15) is 70.3 Å². The lowest BCUT2D eigenvalue weighted by Gasteiger charge is -2.47. The molecule has 1 saturated carbocycles. The van der Waals surface area contributed by atoms with Crippen molar-refractivity contribution in [2.75, 3.05) is 37.6 Å². The summed E-state index contributed by atoms with van der Waals surface area (Å²) < 4.78 is 2.28. The minimum atomic E-state index is 0.167. The van der Waals surface area contributed by atoms with Crippen LogP contribution < -0.4 is 20.9 Å². The number of aromatic nitrogens is 1. The van der Waals surface area contributed by atoms with Gasteiger partial charge in [-0.1, -0.05) is 58.2 Å². The van der Waals surface area contributed by atoms with Crippen molar-refractivity contribution in [3.63, 3.8) is 0 Å². The van der Waals surface area contributed by atoms with Crippen molar-refractivity contribution in [1.29, 1.82) is 0 Å². The molecule has 208 valence electrons. The predicted molar refractivity (Wildman–Crippen MR) is 166 cm³/mol. The summed E-state index contributed by atoms with van der Waals surface area (Å²) in [6.07, 6.45) is 12.6. The number of nitrogens with one attached hydrogen (secondary N) is 1. The van der Waals surface area contributed by atoms with Gasteiger partial charge in [-0.05, 0) is 63.0 Å². The summed E-state index contributed by atoms with van der Waals surface area (Å²) in [6.45, 7) is 27.7. The first-order valence-electron chi connectivity index (χ1n) is 15.3. The average molecular weight is 526 g/mol. The molecule has 0 radical (unpaired) electrons. The average Bonchev–Trinajstić information content (AvgIpc) is 3.20. The van der Waals surface area contributed by atoms with E-state index in [1.807, 2.05) is 0 Å². The third kappa shape index (κ3) is 5.01. The van der Waals surface area contributed by atoms with Crippen LogP contribution in [0.25, 0.3) is 23.9 Å². The highest BCUT2D eigenvalue weighted by Gasteiger charge is 2.30. The van der Waals surface area contributed by atoms with Gasteiger partial charge in [0.15, 0.2) is 0 Å². The number of nitrogens with zero attached hydrogens (tertiary/aromatic N) is 4. The second kappa shape index (κ2) is 10.8. The molecule has 1 aliphatic carbocycles. The van der Waals surface area contributed by atoms with Crippen LogP contribution in [-0.2, 0) is 0 Å². The summed E-state index contributed by atoms with van der Waals surface area (Å²) in [5.74, 6) is 2.04. The Hall–Kier alpha value is -3.08. The summed E-state index contributed by atoms with van der Waals surface area (Å²) >= 11 is 0. The van der Waals surface area contributed by atoms with Crippen molar-refractivity contribution < 1.29 is 0 Å². The van der Waals surface area contributed by atoms with Gasteiger partial charge in [-0.2, -0.15) is 0 Å². The predicted octanol–water partition coefficient (Wildman–Crippen LogP) is 5.44. The van der Waals surface area contributed by atoms with Crippen LogP contribution in [0.5, 0.6) is 0 Å². The fourth-order valence-electron chi connectivity index (χ4n) is 7.70. The van der Waals surface area contributed by atoms with Crippen molar-refractivity contribution in [3.05, 3.63) is 65.8 Å². The minimum Gasteiger partial charge on any atom is -0.371 e. The number of hydrogen-bond donors (Lipinski definition) is 1. The third-order valence-corrected chi connectivity index (χ3v) is 9.97. The Bertz CT molecular complexity index is 1350. The van der Waals surface area contributed by atoms with Gasteiger partial charge in [-0.3, -0.25) is 0 Å². The van der Waals surface area contributed by atoms with E-state index in [2.05, 4.69) is 75.7 Å². The molecule has 2 aromatic rings. The molecule has 1 atom stereocenters. The van der Waals surface area contributed by atoms with Gasteiger partial charge in [-0.15, -0.1) is 0 Å². The molecule has 0 bridgehead atoms. The van der Waals surface area contributed by atoms with E-state index in [0.29, 0.717) is 0 Å². The van der Waals surface area contributed by atoms with Crippen LogP contribution in [-0.4, -0.2) is 53.1 Å². The van der Waals surface area contributed by atoms with Crippen LogP contribution in [0.15, 0.2) is 55.2 Å². The van der Waals surface area contributed by atoms with Crippen molar-refractivity contribution in [1.82, 2.24) is 19.7 Å². The fraction of sp³-hybridized carbons (Fsp3) is 0.529. The lowest BCUT2D eigenvalue weighted by molar-refractivity contribution is 0.0883. The Morgan fingerprint density at radius 3 is 2.26 bits per heavy atom. The van der Waals surface area contributed by atoms with Gasteiger partial charge >= 0.3 is 0 Å². The maximum absolute atomic E-state index is 4.58. The highest BCUT2D eigenvalue weighted by molar-refractivity contribution is 5.87. The van der Waals surface area contributed by atoms with E-state index in [1.165, 1.54) is 86.7 Å². The van der Waals surface area contributed by atoms with Gasteiger partial charge in [0.1, 0.15) is 0 Å². The van der Waals surface area contributed by atoms with Crippen molar-refractivity contribution >= 4 is 29.6 Å². The molecular formula is C34H47N5. The molecule has 4 aliphatic rings. The van der Waals surface area contributed by atoms with Crippen LogP contribution in [0.4, 0.5) is 5.69 Å². The summed E-state index contributed by atoms with van der Waals surface area (Å²) in [5, 5.41) is 7.84. The van der Waals surface area contributed by atoms with Crippen LogP contribution in [0, 0.1) is 5.92 Å². The molecule has 1 N–H and O–H groups in total. The topological polar surface area (TPSA) is 26.7 Å². The van der Waals surface area contributed by atoms with E-state index < -0.39 is 0 Å². The SMILES string of the molecule is C=C1CCC(n2c(=C)c3ccc(N4CCC(CN5CCCN(C6CCCCC6)C5=C)CC4)cc3c2=C)C(=C)N1. The zero-order valence-electron chi connectivity index (χ0n) is 23.9. The largest absolute Gasteiger partial charge is 0.371 e. The lowest BCUT2D eigenvalue weighted by atomic mass is 9.93. The standard InChI is InChI=1S/C34H47N5/c1-24-12-15-34(25(2)35-24)39-26(3)32-14-13-31(22-33(32)27(39)4)36-20-16-29(17-21-36)23-37-18-9-19-38(28(37)5)30-10-7-6-8-11-30/h13-14,22,29-30,34-35H,1-12,15-21,23H2. The summed E-state index contributed by atoms with van der Waals surface area (Å²) in [6, 6.07) is 7.77. The molecule has 3 saturated heterocycles. The van der Waals surface area contributed by atoms with E-state index in [4.69, 9.17) is 0 Å². The van der Waals surface area contributed by atoms with Crippen LogP contribution >= 0.6 is 0 Å². The molecule has 3 aliphatic heterocycles. The molecule has 4 fully saturated rings. The van der Waals surface area contributed by atoms with Gasteiger partial charge < -0.3 is 24.6 Å². The molecule has 5 nitrogen and oxygen atoms in total. The molecule has 39 heavy (non-hydrogen) atoms. The fourth-order valence-corrected chi connectivity index (χ4v) is 7.70. The quantitative estimate of drug-likeness (QED) is 0.562. The molecule has 1 aromatic carbocycles. The number of piperidine rings is 2. The maximum Gasteiger partial charge on any atom is 0.0967 e. The van der Waals surface area contributed by atoms with E-state index >= 15 is 0 Å². The van der Waals surface area contributed by atoms with Gasteiger partial charge in [0.05, 0.1) is 11.9 Å². The first-order valence-corrected chi connectivity index (χ1v) is 15.3. The van der Waals surface area contributed by atoms with E-state index in [9.17, 15) is 0 Å². The molecule has 1 unspecified atom stereocenters. The lowest BCUT2D eigenvalue weighted by Crippen LogP contribution is -2.49. The van der Waals surface area contributed by atoms with Crippen LogP contribution in [0.2, 0.25) is 0 Å². The molecule has 1 aromatic heterocycles. The number of fused-ring (bicyclic) bond motifs is 1. The number of anilines is 1. The van der Waals surface area contributed by atoms with E-state index in [0.717, 1.165) is 66.5 Å². The Balaban J connectivity index is 1.11. The van der Waals surface area contributed by atoms with Gasteiger partial charge in [-0.25, -0.2) is 0 Å². The minimum absolute atomic E-state index is 0.167. The first-order chi connectivity index (χ1) is 18.9. The highest BCUT2D eigenvalue weighted by Crippen LogP contribution is 2.32. The zero-order chi connectivity index (χ0) is 27.1.